The number of alkyl halides is 2. The van der Waals surface area contributed by atoms with Crippen molar-refractivity contribution >= 4 is 41.0 Å². The molecule has 39 heavy (non-hydrogen) atoms. The van der Waals surface area contributed by atoms with Crippen LogP contribution in [0.1, 0.15) is 24.4 Å². The minimum Gasteiger partial charge on any atom is -0.369 e. The van der Waals surface area contributed by atoms with Crippen molar-refractivity contribution in [2.75, 3.05) is 23.0 Å². The zero-order valence-electron chi connectivity index (χ0n) is 20.5. The van der Waals surface area contributed by atoms with Crippen molar-refractivity contribution in [3.8, 4) is 0 Å². The number of rotatable bonds is 7. The molecule has 1 saturated carbocycles. The van der Waals surface area contributed by atoms with Gasteiger partial charge in [-0.05, 0) is 24.3 Å². The number of ether oxygens (including phenoxy) is 1. The summed E-state index contributed by atoms with van der Waals surface area (Å²) in [7, 11) is 0. The van der Waals surface area contributed by atoms with Crippen molar-refractivity contribution in [3.63, 3.8) is 0 Å². The average molecular weight is 556 g/mol. The fourth-order valence-corrected chi connectivity index (χ4v) is 4.95. The van der Waals surface area contributed by atoms with Gasteiger partial charge in [-0.1, -0.05) is 48.0 Å². The Morgan fingerprint density at radius 3 is 2.38 bits per heavy atom. The summed E-state index contributed by atoms with van der Waals surface area (Å²) in [6, 6.07) is 13.1. The Kier molecular flexibility index (Phi) is 7.53. The maximum atomic E-state index is 14.4. The third-order valence-electron chi connectivity index (χ3n) is 6.55. The number of carbonyl (C=O) groups is 3. The minimum atomic E-state index is -2.86. The molecule has 2 aromatic carbocycles. The fraction of sp³-hybridized carbons (Fsp3) is 0.296. The van der Waals surface area contributed by atoms with Gasteiger partial charge in [0, 0.05) is 47.6 Å². The number of benzene rings is 2. The molecule has 1 aliphatic heterocycles. The Hall–Kier alpha value is -3.96. The molecule has 3 aromatic rings. The van der Waals surface area contributed by atoms with Crippen LogP contribution in [0, 0.1) is 0 Å². The van der Waals surface area contributed by atoms with Crippen molar-refractivity contribution in [2.45, 2.75) is 36.9 Å². The smallest absolute Gasteiger partial charge is 0.256 e. The molecule has 0 radical (unpaired) electrons. The van der Waals surface area contributed by atoms with Gasteiger partial charge in [0.1, 0.15) is 18.7 Å². The number of para-hydroxylation sites is 1. The van der Waals surface area contributed by atoms with Gasteiger partial charge in [0.25, 0.3) is 17.7 Å². The second-order valence-electron chi connectivity index (χ2n) is 9.28. The van der Waals surface area contributed by atoms with Crippen molar-refractivity contribution in [3.05, 3.63) is 83.6 Å². The van der Waals surface area contributed by atoms with Crippen LogP contribution in [-0.2, 0) is 19.1 Å². The third-order valence-corrected chi connectivity index (χ3v) is 6.89. The molecule has 5 rings (SSSR count). The topological polar surface area (TPSA) is 105 Å². The standard InChI is InChI=1S/C27H24ClF2N5O4/c28-20-10-5-4-9-19(20)23(24(37)33-17-13-27(29,30)14-17)34(18-7-2-1-3-8-18)25(38)21-15-39-16-22(36)35(21)26-31-11-6-12-32-26/h1-12,17,21,23H,13-16H2,(H,33,37)/t21-,23-/m0/s1. The molecule has 2 heterocycles. The van der Waals surface area contributed by atoms with Crippen molar-refractivity contribution < 1.29 is 27.9 Å². The predicted octanol–water partition coefficient (Wildman–Crippen LogP) is 3.55. The molecule has 12 heteroatoms. The van der Waals surface area contributed by atoms with E-state index in [-0.39, 0.29) is 29.7 Å². The predicted molar refractivity (Wildman–Crippen MR) is 138 cm³/mol. The number of nitrogens with one attached hydrogen (secondary N) is 1. The quantitative estimate of drug-likeness (QED) is 0.478. The lowest BCUT2D eigenvalue weighted by atomic mass is 9.87. The Bertz CT molecular complexity index is 1360. The van der Waals surface area contributed by atoms with E-state index in [0.29, 0.717) is 5.69 Å². The molecule has 0 unspecified atom stereocenters. The van der Waals surface area contributed by atoms with E-state index in [4.69, 9.17) is 16.3 Å². The zero-order chi connectivity index (χ0) is 27.6. The van der Waals surface area contributed by atoms with Crippen LogP contribution >= 0.6 is 11.6 Å². The van der Waals surface area contributed by atoms with Gasteiger partial charge in [0.2, 0.25) is 11.9 Å². The molecule has 2 fully saturated rings. The SMILES string of the molecule is O=C(NC1CC(F)(F)C1)[C@H](c1ccccc1Cl)N(C(=O)[C@@H]1COCC(=O)N1c1ncccn1)c1ccccc1. The second-order valence-corrected chi connectivity index (χ2v) is 9.69. The number of amides is 3. The van der Waals surface area contributed by atoms with Crippen molar-refractivity contribution in [1.29, 1.82) is 0 Å². The number of morpholine rings is 1. The summed E-state index contributed by atoms with van der Waals surface area (Å²) in [5, 5.41) is 2.85. The molecule has 2 atom stereocenters. The highest BCUT2D eigenvalue weighted by molar-refractivity contribution is 6.31. The van der Waals surface area contributed by atoms with E-state index in [0.717, 1.165) is 4.90 Å². The van der Waals surface area contributed by atoms with Gasteiger partial charge in [-0.15, -0.1) is 0 Å². The maximum Gasteiger partial charge on any atom is 0.256 e. The minimum absolute atomic E-state index is 0.00704. The number of carbonyl (C=O) groups excluding carboxylic acids is 3. The summed E-state index contributed by atoms with van der Waals surface area (Å²) in [6.07, 6.45) is 1.88. The van der Waals surface area contributed by atoms with Crippen LogP contribution in [-0.4, -0.2) is 58.9 Å². The van der Waals surface area contributed by atoms with E-state index >= 15 is 0 Å². The molecule has 1 N–H and O–H groups in total. The number of aromatic nitrogens is 2. The normalized spacial score (nSPS) is 19.6. The Morgan fingerprint density at radius 1 is 1.05 bits per heavy atom. The van der Waals surface area contributed by atoms with Gasteiger partial charge in [0.05, 0.1) is 6.61 Å². The van der Waals surface area contributed by atoms with Crippen LogP contribution < -0.4 is 15.1 Å². The van der Waals surface area contributed by atoms with Crippen molar-refractivity contribution in [1.82, 2.24) is 15.3 Å². The van der Waals surface area contributed by atoms with Crippen LogP contribution in [0.5, 0.6) is 0 Å². The van der Waals surface area contributed by atoms with Gasteiger partial charge in [-0.3, -0.25) is 24.2 Å². The summed E-state index contributed by atoms with van der Waals surface area (Å²) in [4.78, 5) is 51.7. The number of hydrogen-bond donors (Lipinski definition) is 1. The molecule has 1 aliphatic carbocycles. The Labute approximate surface area is 227 Å². The first-order valence-corrected chi connectivity index (χ1v) is 12.6. The van der Waals surface area contributed by atoms with Crippen molar-refractivity contribution in [2.24, 2.45) is 0 Å². The first kappa shape index (κ1) is 26.6. The van der Waals surface area contributed by atoms with Crippen LogP contribution in [0.2, 0.25) is 5.02 Å². The number of hydrogen-bond acceptors (Lipinski definition) is 6. The lowest BCUT2D eigenvalue weighted by Gasteiger charge is -2.40. The Balaban J connectivity index is 1.59. The van der Waals surface area contributed by atoms with Gasteiger partial charge in [-0.2, -0.15) is 0 Å². The highest BCUT2D eigenvalue weighted by Gasteiger charge is 2.48. The van der Waals surface area contributed by atoms with Crippen LogP contribution in [0.4, 0.5) is 20.4 Å². The molecule has 1 aromatic heterocycles. The molecule has 202 valence electrons. The first-order valence-electron chi connectivity index (χ1n) is 12.2. The molecule has 0 spiro atoms. The van der Waals surface area contributed by atoms with E-state index in [1.54, 1.807) is 60.7 Å². The van der Waals surface area contributed by atoms with E-state index in [2.05, 4.69) is 15.3 Å². The van der Waals surface area contributed by atoms with E-state index in [1.165, 1.54) is 17.3 Å². The third kappa shape index (κ3) is 5.59. The highest BCUT2D eigenvalue weighted by Crippen LogP contribution is 2.39. The summed E-state index contributed by atoms with van der Waals surface area (Å²) >= 11 is 6.52. The monoisotopic (exact) mass is 555 g/mol. The lowest BCUT2D eigenvalue weighted by Crippen LogP contribution is -2.60. The highest BCUT2D eigenvalue weighted by atomic mass is 35.5. The van der Waals surface area contributed by atoms with Gasteiger partial charge in [-0.25, -0.2) is 18.7 Å². The Morgan fingerprint density at radius 2 is 1.72 bits per heavy atom. The van der Waals surface area contributed by atoms with Crippen LogP contribution in [0.25, 0.3) is 0 Å². The van der Waals surface area contributed by atoms with E-state index in [9.17, 15) is 23.2 Å². The van der Waals surface area contributed by atoms with Gasteiger partial charge < -0.3 is 10.1 Å². The molecular weight excluding hydrogens is 532 g/mol. The molecule has 2 aliphatic rings. The molecule has 3 amide bonds. The molecule has 9 nitrogen and oxygen atoms in total. The van der Waals surface area contributed by atoms with Gasteiger partial charge >= 0.3 is 0 Å². The van der Waals surface area contributed by atoms with E-state index in [1.807, 2.05) is 0 Å². The summed E-state index contributed by atoms with van der Waals surface area (Å²) in [5.41, 5.74) is 0.610. The molecule has 0 bridgehead atoms. The molecule has 1 saturated heterocycles. The number of anilines is 2. The number of halogens is 3. The lowest BCUT2D eigenvalue weighted by molar-refractivity contribution is -0.136. The summed E-state index contributed by atoms with van der Waals surface area (Å²) in [6.45, 7) is -0.463. The summed E-state index contributed by atoms with van der Waals surface area (Å²) < 4.78 is 32.6. The van der Waals surface area contributed by atoms with Crippen LogP contribution in [0.3, 0.4) is 0 Å². The maximum absolute atomic E-state index is 14.4. The zero-order valence-corrected chi connectivity index (χ0v) is 21.3. The van der Waals surface area contributed by atoms with Crippen LogP contribution in [0.15, 0.2) is 73.1 Å². The first-order chi connectivity index (χ1) is 18.7. The second kappa shape index (κ2) is 11.0. The number of nitrogens with zero attached hydrogens (tertiary/aromatic N) is 4. The average Bonchev–Trinajstić information content (AvgIpc) is 2.91. The summed E-state index contributed by atoms with van der Waals surface area (Å²) in [5.74, 6) is -4.74. The van der Waals surface area contributed by atoms with E-state index < -0.39 is 54.6 Å². The fourth-order valence-electron chi connectivity index (χ4n) is 4.71. The van der Waals surface area contributed by atoms with Gasteiger partial charge in [0.15, 0.2) is 0 Å². The molecular formula is C27H24ClF2N5O4. The largest absolute Gasteiger partial charge is 0.369 e.